The lowest BCUT2D eigenvalue weighted by Crippen LogP contribution is -2.50. The SMILES string of the molecule is CCCCCCCC[C@@H]1CC[C@@H]2[C@H]3CC=C4C[C@@H](OC(=O)CCCl)CC[C@]4(C)[C@H]3CC[C@]12C. The molecule has 0 radical (unpaired) electrons. The van der Waals surface area contributed by atoms with E-state index in [0.29, 0.717) is 23.1 Å². The number of halogens is 1. The van der Waals surface area contributed by atoms with Crippen molar-refractivity contribution in [2.75, 3.05) is 5.88 Å². The molecule has 3 fully saturated rings. The van der Waals surface area contributed by atoms with Gasteiger partial charge < -0.3 is 4.74 Å². The van der Waals surface area contributed by atoms with Crippen LogP contribution in [0.25, 0.3) is 0 Å². The van der Waals surface area contributed by atoms with Crippen molar-refractivity contribution in [1.82, 2.24) is 0 Å². The highest BCUT2D eigenvalue weighted by Crippen LogP contribution is 2.66. The molecule has 0 amide bonds. The second-order valence-corrected chi connectivity index (χ2v) is 12.8. The Kier molecular flexibility index (Phi) is 8.57. The molecular weight excluding hydrogens is 428 g/mol. The fraction of sp³-hybridized carbons (Fsp3) is 0.900. The molecule has 3 saturated carbocycles. The van der Waals surface area contributed by atoms with E-state index in [2.05, 4.69) is 26.8 Å². The van der Waals surface area contributed by atoms with Gasteiger partial charge in [0.1, 0.15) is 6.10 Å². The van der Waals surface area contributed by atoms with Gasteiger partial charge in [0.15, 0.2) is 0 Å². The molecule has 3 heteroatoms. The minimum atomic E-state index is -0.122. The van der Waals surface area contributed by atoms with Crippen LogP contribution in [0.5, 0.6) is 0 Å². The van der Waals surface area contributed by atoms with E-state index < -0.39 is 0 Å². The smallest absolute Gasteiger partial charge is 0.307 e. The summed E-state index contributed by atoms with van der Waals surface area (Å²) in [5.41, 5.74) is 2.52. The number of esters is 1. The number of rotatable bonds is 10. The zero-order valence-electron chi connectivity index (χ0n) is 21.7. The third-order valence-electron chi connectivity index (χ3n) is 10.8. The number of fused-ring (bicyclic) bond motifs is 5. The first-order valence-corrected chi connectivity index (χ1v) is 14.9. The van der Waals surface area contributed by atoms with Gasteiger partial charge in [-0.2, -0.15) is 0 Å². The third-order valence-corrected chi connectivity index (χ3v) is 10.9. The topological polar surface area (TPSA) is 26.3 Å². The van der Waals surface area contributed by atoms with Crippen LogP contribution in [0, 0.1) is 34.5 Å². The zero-order valence-corrected chi connectivity index (χ0v) is 22.4. The Labute approximate surface area is 208 Å². The number of carbonyl (C=O) groups is 1. The van der Waals surface area contributed by atoms with E-state index in [9.17, 15) is 4.79 Å². The lowest BCUT2D eigenvalue weighted by atomic mass is 9.47. The molecule has 0 heterocycles. The van der Waals surface area contributed by atoms with Crippen molar-refractivity contribution < 1.29 is 9.53 Å². The van der Waals surface area contributed by atoms with Crippen molar-refractivity contribution in [3.8, 4) is 0 Å². The molecule has 4 aliphatic rings. The first kappa shape index (κ1) is 25.6. The highest BCUT2D eigenvalue weighted by Gasteiger charge is 2.58. The minimum absolute atomic E-state index is 0.0682. The van der Waals surface area contributed by atoms with E-state index in [1.54, 1.807) is 5.57 Å². The first-order valence-electron chi connectivity index (χ1n) is 14.4. The summed E-state index contributed by atoms with van der Waals surface area (Å²) in [5, 5.41) is 0. The van der Waals surface area contributed by atoms with Crippen LogP contribution in [-0.2, 0) is 9.53 Å². The molecule has 0 N–H and O–H groups in total. The van der Waals surface area contributed by atoms with Gasteiger partial charge in [0, 0.05) is 12.3 Å². The third kappa shape index (κ3) is 5.22. The highest BCUT2D eigenvalue weighted by atomic mass is 35.5. The fourth-order valence-electron chi connectivity index (χ4n) is 8.80. The first-order chi connectivity index (χ1) is 15.9. The summed E-state index contributed by atoms with van der Waals surface area (Å²) in [5.74, 6) is 3.84. The molecule has 0 bridgehead atoms. The fourth-order valence-corrected chi connectivity index (χ4v) is 8.96. The Balaban J connectivity index is 1.37. The molecule has 7 atom stereocenters. The Hall–Kier alpha value is -0.500. The van der Waals surface area contributed by atoms with Gasteiger partial charge in [0.2, 0.25) is 0 Å². The number of hydrogen-bond acceptors (Lipinski definition) is 2. The molecule has 0 unspecified atom stereocenters. The summed E-state index contributed by atoms with van der Waals surface area (Å²) in [6, 6.07) is 0. The van der Waals surface area contributed by atoms with Crippen LogP contribution in [0.2, 0.25) is 0 Å². The van der Waals surface area contributed by atoms with E-state index in [1.165, 1.54) is 83.5 Å². The van der Waals surface area contributed by atoms with Gasteiger partial charge in [-0.15, -0.1) is 11.6 Å². The maximum absolute atomic E-state index is 12.0. The van der Waals surface area contributed by atoms with Gasteiger partial charge in [0.05, 0.1) is 6.42 Å². The summed E-state index contributed by atoms with van der Waals surface area (Å²) in [6.07, 6.45) is 23.2. The predicted molar refractivity (Wildman–Crippen MR) is 138 cm³/mol. The lowest BCUT2D eigenvalue weighted by Gasteiger charge is -2.58. The van der Waals surface area contributed by atoms with Gasteiger partial charge in [-0.25, -0.2) is 0 Å². The van der Waals surface area contributed by atoms with Crippen molar-refractivity contribution in [2.24, 2.45) is 34.5 Å². The van der Waals surface area contributed by atoms with Gasteiger partial charge in [0.25, 0.3) is 0 Å². The van der Waals surface area contributed by atoms with E-state index in [1.807, 2.05) is 0 Å². The van der Waals surface area contributed by atoms with Crippen molar-refractivity contribution in [2.45, 2.75) is 130 Å². The van der Waals surface area contributed by atoms with E-state index in [0.717, 1.165) is 36.5 Å². The summed E-state index contributed by atoms with van der Waals surface area (Å²) in [7, 11) is 0. The number of allylic oxidation sites excluding steroid dienone is 1. The number of ether oxygens (including phenoxy) is 1. The Bertz CT molecular complexity index is 701. The van der Waals surface area contributed by atoms with Gasteiger partial charge in [-0.1, -0.05) is 70.9 Å². The van der Waals surface area contributed by atoms with Crippen molar-refractivity contribution >= 4 is 17.6 Å². The summed E-state index contributed by atoms with van der Waals surface area (Å²) >= 11 is 5.73. The van der Waals surface area contributed by atoms with Crippen LogP contribution < -0.4 is 0 Å². The molecule has 2 nitrogen and oxygen atoms in total. The summed E-state index contributed by atoms with van der Waals surface area (Å²) < 4.78 is 5.77. The van der Waals surface area contributed by atoms with Gasteiger partial charge in [-0.05, 0) is 85.9 Å². The van der Waals surface area contributed by atoms with Crippen molar-refractivity contribution in [3.63, 3.8) is 0 Å². The quantitative estimate of drug-likeness (QED) is 0.136. The normalized spacial score (nSPS) is 39.9. The maximum atomic E-state index is 12.0. The molecule has 0 aliphatic heterocycles. The average molecular weight is 477 g/mol. The van der Waals surface area contributed by atoms with Crippen LogP contribution in [0.1, 0.15) is 124 Å². The Morgan fingerprint density at radius 1 is 1.03 bits per heavy atom. The number of alkyl halides is 1. The number of hydrogen-bond donors (Lipinski definition) is 0. The largest absolute Gasteiger partial charge is 0.462 e. The molecule has 4 aliphatic carbocycles. The molecule has 0 aromatic carbocycles. The molecule has 33 heavy (non-hydrogen) atoms. The van der Waals surface area contributed by atoms with Gasteiger partial charge in [-0.3, -0.25) is 4.79 Å². The van der Waals surface area contributed by atoms with Crippen LogP contribution in [0.15, 0.2) is 11.6 Å². The van der Waals surface area contributed by atoms with Crippen LogP contribution in [0.4, 0.5) is 0 Å². The van der Waals surface area contributed by atoms with Gasteiger partial charge >= 0.3 is 5.97 Å². The molecule has 0 saturated heterocycles. The molecule has 0 aromatic heterocycles. The predicted octanol–water partition coefficient (Wildman–Crippen LogP) is 8.86. The van der Waals surface area contributed by atoms with E-state index in [-0.39, 0.29) is 12.1 Å². The number of unbranched alkanes of at least 4 members (excludes halogenated alkanes) is 5. The molecule has 188 valence electrons. The Morgan fingerprint density at radius 3 is 2.61 bits per heavy atom. The van der Waals surface area contributed by atoms with Crippen LogP contribution in [-0.4, -0.2) is 18.0 Å². The minimum Gasteiger partial charge on any atom is -0.462 e. The zero-order chi connectivity index (χ0) is 23.5. The van der Waals surface area contributed by atoms with Crippen molar-refractivity contribution in [3.05, 3.63) is 11.6 Å². The maximum Gasteiger partial charge on any atom is 0.307 e. The molecule has 0 spiro atoms. The monoisotopic (exact) mass is 476 g/mol. The summed E-state index contributed by atoms with van der Waals surface area (Å²) in [6.45, 7) is 7.54. The second-order valence-electron chi connectivity index (χ2n) is 12.4. The van der Waals surface area contributed by atoms with Crippen molar-refractivity contribution in [1.29, 1.82) is 0 Å². The van der Waals surface area contributed by atoms with Crippen LogP contribution in [0.3, 0.4) is 0 Å². The number of carbonyl (C=O) groups excluding carboxylic acids is 1. The Morgan fingerprint density at radius 2 is 1.82 bits per heavy atom. The highest BCUT2D eigenvalue weighted by molar-refractivity contribution is 6.18. The average Bonchev–Trinajstić information content (AvgIpc) is 3.13. The summed E-state index contributed by atoms with van der Waals surface area (Å²) in [4.78, 5) is 12.0. The molecule has 0 aromatic rings. The lowest BCUT2D eigenvalue weighted by molar-refractivity contribution is -0.151. The van der Waals surface area contributed by atoms with Crippen LogP contribution >= 0.6 is 11.6 Å². The van der Waals surface area contributed by atoms with E-state index in [4.69, 9.17) is 16.3 Å². The molecular formula is C30H49ClO2. The molecule has 4 rings (SSSR count). The second kappa shape index (κ2) is 11.0. The van der Waals surface area contributed by atoms with E-state index >= 15 is 0 Å². The standard InChI is InChI=1S/C30H49ClO2/c1-4-5-6-7-8-9-10-22-12-14-26-25-13-11-23-21-24(33-28(32)17-20-31)15-18-30(23,3)27(25)16-19-29(22,26)2/h11,22,24-27H,4-10,12-21H2,1-3H3/t22-,24+,25-,26-,27+,29-,30+/m1/s1.